The molecule has 0 fully saturated rings. The van der Waals surface area contributed by atoms with Gasteiger partial charge < -0.3 is 10.3 Å². The van der Waals surface area contributed by atoms with Crippen LogP contribution in [0.2, 0.25) is 0 Å². The number of rotatable bonds is 3. The van der Waals surface area contributed by atoms with E-state index in [1.54, 1.807) is 0 Å². The second-order valence-corrected chi connectivity index (χ2v) is 4.27. The summed E-state index contributed by atoms with van der Waals surface area (Å²) in [6.07, 6.45) is 0. The fraction of sp³-hybridized carbons (Fsp3) is 0.250. The van der Waals surface area contributed by atoms with E-state index in [0.717, 1.165) is 15.7 Å². The lowest BCUT2D eigenvalue weighted by Gasteiger charge is -1.99. The second kappa shape index (κ2) is 3.98. The lowest BCUT2D eigenvalue weighted by Crippen LogP contribution is -2.28. The van der Waals surface area contributed by atoms with Crippen LogP contribution in [0.25, 0.3) is 16.8 Å². The first kappa shape index (κ1) is 11.5. The molecular weight excluding hydrogens is 246 g/mol. The van der Waals surface area contributed by atoms with Crippen LogP contribution in [0.3, 0.4) is 0 Å². The SMILES string of the molecule is CCn1c2ccccc2n2c(=O)n(CC(N)=O)nc12. The molecular formula is C12H13N5O2. The molecule has 2 heterocycles. The number of aromatic nitrogens is 4. The summed E-state index contributed by atoms with van der Waals surface area (Å²) in [6, 6.07) is 7.56. The summed E-state index contributed by atoms with van der Waals surface area (Å²) in [5, 5.41) is 4.19. The predicted molar refractivity (Wildman–Crippen MR) is 69.8 cm³/mol. The van der Waals surface area contributed by atoms with Crippen LogP contribution in [0.1, 0.15) is 6.92 Å². The van der Waals surface area contributed by atoms with E-state index in [2.05, 4.69) is 5.10 Å². The molecule has 0 aliphatic heterocycles. The van der Waals surface area contributed by atoms with Crippen molar-refractivity contribution in [3.05, 3.63) is 34.7 Å². The maximum absolute atomic E-state index is 12.2. The molecule has 3 aromatic rings. The quantitative estimate of drug-likeness (QED) is 0.715. The van der Waals surface area contributed by atoms with Gasteiger partial charge in [0.25, 0.3) is 0 Å². The Bertz CT molecular complexity index is 839. The molecule has 7 nitrogen and oxygen atoms in total. The number of imidazole rings is 1. The number of carbonyl (C=O) groups is 1. The Morgan fingerprint density at radius 3 is 2.63 bits per heavy atom. The highest BCUT2D eigenvalue weighted by Gasteiger charge is 2.16. The molecule has 1 aromatic carbocycles. The molecule has 0 spiro atoms. The molecule has 98 valence electrons. The summed E-state index contributed by atoms with van der Waals surface area (Å²) in [5.74, 6) is -0.0647. The van der Waals surface area contributed by atoms with Crippen molar-refractivity contribution in [2.75, 3.05) is 0 Å². The number of hydrogen-bond donors (Lipinski definition) is 1. The lowest BCUT2D eigenvalue weighted by molar-refractivity contribution is -0.118. The van der Waals surface area contributed by atoms with E-state index < -0.39 is 5.91 Å². The van der Waals surface area contributed by atoms with Crippen LogP contribution < -0.4 is 11.4 Å². The first-order valence-corrected chi connectivity index (χ1v) is 5.98. The van der Waals surface area contributed by atoms with Gasteiger partial charge in [0.2, 0.25) is 11.7 Å². The largest absolute Gasteiger partial charge is 0.368 e. The van der Waals surface area contributed by atoms with Crippen LogP contribution in [0, 0.1) is 0 Å². The topological polar surface area (TPSA) is 87.3 Å². The van der Waals surface area contributed by atoms with Gasteiger partial charge in [0.1, 0.15) is 6.54 Å². The Balaban J connectivity index is 2.42. The third kappa shape index (κ3) is 1.55. The maximum atomic E-state index is 12.2. The smallest absolute Gasteiger partial charge is 0.352 e. The molecule has 0 aliphatic carbocycles. The third-order valence-electron chi connectivity index (χ3n) is 3.10. The van der Waals surface area contributed by atoms with Gasteiger partial charge in [-0.25, -0.2) is 13.9 Å². The number of benzene rings is 1. The van der Waals surface area contributed by atoms with E-state index in [1.165, 1.54) is 4.40 Å². The van der Waals surface area contributed by atoms with Crippen molar-refractivity contribution in [1.82, 2.24) is 18.7 Å². The summed E-state index contributed by atoms with van der Waals surface area (Å²) >= 11 is 0. The second-order valence-electron chi connectivity index (χ2n) is 4.27. The monoisotopic (exact) mass is 259 g/mol. The van der Waals surface area contributed by atoms with Crippen molar-refractivity contribution in [3.8, 4) is 0 Å². The minimum absolute atomic E-state index is 0.210. The molecule has 0 saturated carbocycles. The summed E-state index contributed by atoms with van der Waals surface area (Å²) in [6.45, 7) is 2.45. The van der Waals surface area contributed by atoms with Gasteiger partial charge in [0, 0.05) is 6.54 Å². The van der Waals surface area contributed by atoms with Crippen LogP contribution in [0.5, 0.6) is 0 Å². The van der Waals surface area contributed by atoms with Gasteiger partial charge in [-0.1, -0.05) is 12.1 Å². The number of aryl methyl sites for hydroxylation is 1. The van der Waals surface area contributed by atoms with E-state index in [0.29, 0.717) is 12.3 Å². The summed E-state index contributed by atoms with van der Waals surface area (Å²) in [5.41, 5.74) is 6.48. The van der Waals surface area contributed by atoms with Crippen molar-refractivity contribution >= 4 is 22.7 Å². The molecule has 0 saturated heterocycles. The standard InChI is InChI=1S/C12H13N5O2/c1-2-15-8-5-3-4-6-9(8)17-11(15)14-16(12(17)19)7-10(13)18/h3-6H,2,7H2,1H3,(H2,13,18). The number of nitrogens with zero attached hydrogens (tertiary/aromatic N) is 4. The van der Waals surface area contributed by atoms with Gasteiger partial charge in [-0.2, -0.15) is 0 Å². The average Bonchev–Trinajstić information content (AvgIpc) is 2.85. The molecule has 0 aliphatic rings. The number of para-hydroxylation sites is 2. The van der Waals surface area contributed by atoms with Crippen LogP contribution in [-0.2, 0) is 17.9 Å². The van der Waals surface area contributed by atoms with E-state index in [1.807, 2.05) is 35.8 Å². The van der Waals surface area contributed by atoms with Crippen LogP contribution in [0.15, 0.2) is 29.1 Å². The molecule has 0 unspecified atom stereocenters. The van der Waals surface area contributed by atoms with Crippen LogP contribution in [-0.4, -0.2) is 24.7 Å². The van der Waals surface area contributed by atoms with E-state index in [4.69, 9.17) is 5.73 Å². The molecule has 0 bridgehead atoms. The first-order chi connectivity index (χ1) is 9.13. The van der Waals surface area contributed by atoms with Gasteiger partial charge in [0.05, 0.1) is 11.0 Å². The summed E-state index contributed by atoms with van der Waals surface area (Å²) < 4.78 is 4.52. The minimum atomic E-state index is -0.588. The minimum Gasteiger partial charge on any atom is -0.368 e. The van der Waals surface area contributed by atoms with Gasteiger partial charge in [-0.3, -0.25) is 4.79 Å². The molecule has 0 atom stereocenters. The Morgan fingerprint density at radius 2 is 2.00 bits per heavy atom. The van der Waals surface area contributed by atoms with Crippen molar-refractivity contribution in [3.63, 3.8) is 0 Å². The highest BCUT2D eigenvalue weighted by atomic mass is 16.2. The number of primary amides is 1. The Hall–Kier alpha value is -2.57. The number of amides is 1. The van der Waals surface area contributed by atoms with Crippen molar-refractivity contribution in [1.29, 1.82) is 0 Å². The zero-order valence-electron chi connectivity index (χ0n) is 10.4. The third-order valence-corrected chi connectivity index (χ3v) is 3.10. The molecule has 7 heteroatoms. The van der Waals surface area contributed by atoms with E-state index in [-0.39, 0.29) is 12.2 Å². The molecule has 2 N–H and O–H groups in total. The van der Waals surface area contributed by atoms with Crippen LogP contribution in [0.4, 0.5) is 0 Å². The number of fused-ring (bicyclic) bond motifs is 3. The average molecular weight is 259 g/mol. The molecule has 3 rings (SSSR count). The summed E-state index contributed by atoms with van der Waals surface area (Å²) in [7, 11) is 0. The Kier molecular flexibility index (Phi) is 2.41. The van der Waals surface area contributed by atoms with Crippen molar-refractivity contribution < 1.29 is 4.79 Å². The van der Waals surface area contributed by atoms with E-state index >= 15 is 0 Å². The molecule has 19 heavy (non-hydrogen) atoms. The molecule has 2 aromatic heterocycles. The predicted octanol–water partition coefficient (Wildman–Crippen LogP) is -0.0441. The van der Waals surface area contributed by atoms with Gasteiger partial charge in [0.15, 0.2) is 0 Å². The number of hydrogen-bond acceptors (Lipinski definition) is 3. The van der Waals surface area contributed by atoms with Gasteiger partial charge in [-0.05, 0) is 19.1 Å². The lowest BCUT2D eigenvalue weighted by atomic mass is 10.3. The highest BCUT2D eigenvalue weighted by molar-refractivity contribution is 5.80. The Labute approximate surface area is 107 Å². The highest BCUT2D eigenvalue weighted by Crippen LogP contribution is 2.17. The zero-order valence-corrected chi connectivity index (χ0v) is 10.4. The molecule has 0 radical (unpaired) electrons. The normalized spacial score (nSPS) is 11.4. The van der Waals surface area contributed by atoms with Crippen molar-refractivity contribution in [2.24, 2.45) is 5.73 Å². The number of carbonyl (C=O) groups excluding carboxylic acids is 1. The van der Waals surface area contributed by atoms with Crippen molar-refractivity contribution in [2.45, 2.75) is 20.0 Å². The van der Waals surface area contributed by atoms with Gasteiger partial charge in [-0.15, -0.1) is 5.10 Å². The number of nitrogens with two attached hydrogens (primary N) is 1. The van der Waals surface area contributed by atoms with Gasteiger partial charge >= 0.3 is 5.69 Å². The van der Waals surface area contributed by atoms with E-state index in [9.17, 15) is 9.59 Å². The fourth-order valence-corrected chi connectivity index (χ4v) is 2.33. The summed E-state index contributed by atoms with van der Waals surface area (Å²) in [4.78, 5) is 23.2. The zero-order chi connectivity index (χ0) is 13.6. The fourth-order valence-electron chi connectivity index (χ4n) is 2.33. The molecule has 1 amide bonds. The first-order valence-electron chi connectivity index (χ1n) is 5.98. The Morgan fingerprint density at radius 1 is 1.32 bits per heavy atom. The van der Waals surface area contributed by atoms with Crippen LogP contribution >= 0.6 is 0 Å². The maximum Gasteiger partial charge on any atom is 0.352 e.